The van der Waals surface area contributed by atoms with Gasteiger partial charge in [0.25, 0.3) is 0 Å². The number of rotatable bonds is 8. The number of aliphatic hydroxyl groups excluding tert-OH is 1. The van der Waals surface area contributed by atoms with E-state index in [0.29, 0.717) is 16.7 Å². The van der Waals surface area contributed by atoms with Crippen molar-refractivity contribution < 1.29 is 29.3 Å². The van der Waals surface area contributed by atoms with E-state index in [0.717, 1.165) is 18.8 Å². The Labute approximate surface area is 220 Å². The third-order valence-electron chi connectivity index (χ3n) is 5.62. The predicted octanol–water partition coefficient (Wildman–Crippen LogP) is 6.13. The van der Waals surface area contributed by atoms with E-state index >= 15 is 0 Å². The van der Waals surface area contributed by atoms with E-state index in [2.05, 4.69) is 0 Å². The minimum Gasteiger partial charge on any atom is -0.505 e. The number of ketones is 2. The third-order valence-corrected chi connectivity index (χ3v) is 6.23. The number of benzene rings is 3. The van der Waals surface area contributed by atoms with Crippen LogP contribution in [0.4, 0.5) is 0 Å². The van der Waals surface area contributed by atoms with Crippen LogP contribution in [0, 0.1) is 0 Å². The van der Waals surface area contributed by atoms with Crippen LogP contribution in [0.5, 0.6) is 11.5 Å². The van der Waals surface area contributed by atoms with Crippen molar-refractivity contribution in [3.05, 3.63) is 93.5 Å². The number of aromatic hydroxyl groups is 1. The molecule has 1 saturated heterocycles. The second kappa shape index (κ2) is 13.4. The molecular weight excluding hydrogens is 503 g/mol. The zero-order chi connectivity index (χ0) is 26.1. The first kappa shape index (κ1) is 27.7. The van der Waals surface area contributed by atoms with E-state index in [1.165, 1.54) is 31.9 Å². The number of aliphatic hydroxyl groups is 1. The molecule has 4 rings (SSSR count). The van der Waals surface area contributed by atoms with Gasteiger partial charge in [0.1, 0.15) is 29.2 Å². The highest BCUT2D eigenvalue weighted by atomic mass is 35.5. The summed E-state index contributed by atoms with van der Waals surface area (Å²) >= 11 is 11.7. The molecule has 0 amide bonds. The monoisotopic (exact) mass is 530 g/mol. The van der Waals surface area contributed by atoms with Gasteiger partial charge in [0.05, 0.1) is 11.4 Å². The minimum absolute atomic E-state index is 0.0221. The second-order valence-corrected chi connectivity index (χ2v) is 8.91. The lowest BCUT2D eigenvalue weighted by molar-refractivity contribution is 0.100. The van der Waals surface area contributed by atoms with Crippen molar-refractivity contribution in [2.45, 2.75) is 32.5 Å². The summed E-state index contributed by atoms with van der Waals surface area (Å²) in [5.74, 6) is -0.663. The normalized spacial score (nSPS) is 13.4. The van der Waals surface area contributed by atoms with Crippen LogP contribution in [0.3, 0.4) is 0 Å². The highest BCUT2D eigenvalue weighted by molar-refractivity contribution is 6.34. The van der Waals surface area contributed by atoms with Crippen LogP contribution >= 0.6 is 23.2 Å². The lowest BCUT2D eigenvalue weighted by Gasteiger charge is -2.14. The van der Waals surface area contributed by atoms with Gasteiger partial charge in [-0.1, -0.05) is 54.1 Å². The maximum atomic E-state index is 11.8. The molecule has 0 radical (unpaired) electrons. The molecule has 190 valence electrons. The molecule has 3 aromatic rings. The Bertz CT molecular complexity index is 1180. The van der Waals surface area contributed by atoms with Crippen molar-refractivity contribution in [2.24, 2.45) is 0 Å². The summed E-state index contributed by atoms with van der Waals surface area (Å²) < 4.78 is 10.6. The molecule has 6 nitrogen and oxygen atoms in total. The fourth-order valence-electron chi connectivity index (χ4n) is 3.56. The van der Waals surface area contributed by atoms with E-state index in [-0.39, 0.29) is 46.1 Å². The van der Waals surface area contributed by atoms with Gasteiger partial charge in [-0.3, -0.25) is 9.59 Å². The quantitative estimate of drug-likeness (QED) is 0.269. The van der Waals surface area contributed by atoms with Crippen molar-refractivity contribution in [1.29, 1.82) is 0 Å². The van der Waals surface area contributed by atoms with Gasteiger partial charge in [-0.25, -0.2) is 0 Å². The number of phenolic OH excluding ortho intramolecular Hbond substituents is 1. The number of carbonyl (C=O) groups excluding carboxylic acids is 2. The Kier molecular flexibility index (Phi) is 10.3. The molecule has 1 heterocycles. The van der Waals surface area contributed by atoms with Gasteiger partial charge in [0, 0.05) is 18.8 Å². The summed E-state index contributed by atoms with van der Waals surface area (Å²) in [7, 11) is 0. The van der Waals surface area contributed by atoms with E-state index in [1.54, 1.807) is 48.5 Å². The molecule has 1 atom stereocenters. The first-order valence-corrected chi connectivity index (χ1v) is 12.4. The second-order valence-electron chi connectivity index (χ2n) is 8.26. The van der Waals surface area contributed by atoms with Crippen LogP contribution in [0.25, 0.3) is 0 Å². The molecule has 0 saturated carbocycles. The number of ether oxygens (including phenoxy) is 2. The highest BCUT2D eigenvalue weighted by Crippen LogP contribution is 2.36. The number of Topliss-reactive ketones (excluding diaryl/α,β-unsaturated/α-hetero) is 2. The van der Waals surface area contributed by atoms with Crippen LogP contribution in [-0.2, 0) is 11.3 Å². The summed E-state index contributed by atoms with van der Waals surface area (Å²) in [6, 6.07) is 16.8. The van der Waals surface area contributed by atoms with Gasteiger partial charge in [-0.05, 0) is 54.7 Å². The molecule has 0 bridgehead atoms. The number of hydrogen-bond donors (Lipinski definition) is 2. The lowest BCUT2D eigenvalue weighted by atomic mass is 9.98. The standard InChI is InChI=1S/C24H20Cl2O5.C4H8O/c1-14(27)19-9-10-21(22(26)24(19)30)31-13-15-5-7-16(8-6-15)23(29)18-4-2-3-17(11-18)20(28)12-25;1-2-4-5-3-1/h2-11,23,29-30H,12-13H2,1H3;1-4H2. The fraction of sp³-hybridized carbons (Fsp3) is 0.286. The largest absolute Gasteiger partial charge is 0.505 e. The maximum Gasteiger partial charge on any atom is 0.177 e. The van der Waals surface area contributed by atoms with Gasteiger partial charge in [0.15, 0.2) is 11.6 Å². The summed E-state index contributed by atoms with van der Waals surface area (Å²) in [6.07, 6.45) is 1.66. The Balaban J connectivity index is 0.000000642. The van der Waals surface area contributed by atoms with Crippen LogP contribution < -0.4 is 4.74 Å². The molecule has 1 aliphatic heterocycles. The zero-order valence-corrected chi connectivity index (χ0v) is 21.4. The fourth-order valence-corrected chi connectivity index (χ4v) is 3.93. The number of phenols is 1. The van der Waals surface area contributed by atoms with Crippen LogP contribution in [0.15, 0.2) is 60.7 Å². The minimum atomic E-state index is -0.899. The first-order valence-electron chi connectivity index (χ1n) is 11.5. The smallest absolute Gasteiger partial charge is 0.177 e. The third kappa shape index (κ3) is 7.31. The molecule has 0 aliphatic carbocycles. The number of hydrogen-bond acceptors (Lipinski definition) is 6. The van der Waals surface area contributed by atoms with Gasteiger partial charge in [-0.2, -0.15) is 0 Å². The Hall–Kier alpha value is -2.90. The van der Waals surface area contributed by atoms with E-state index in [9.17, 15) is 19.8 Å². The van der Waals surface area contributed by atoms with E-state index in [1.807, 2.05) is 0 Å². The van der Waals surface area contributed by atoms with Gasteiger partial charge in [0.2, 0.25) is 0 Å². The van der Waals surface area contributed by atoms with Crippen molar-refractivity contribution >= 4 is 34.8 Å². The molecule has 3 aromatic carbocycles. The Morgan fingerprint density at radius 1 is 1.03 bits per heavy atom. The first-order chi connectivity index (χ1) is 17.3. The molecular formula is C28H28Cl2O6. The average molecular weight is 531 g/mol. The van der Waals surface area contributed by atoms with Gasteiger partial charge >= 0.3 is 0 Å². The van der Waals surface area contributed by atoms with Crippen LogP contribution in [0.2, 0.25) is 5.02 Å². The summed E-state index contributed by atoms with van der Waals surface area (Å²) in [6.45, 7) is 3.52. The summed E-state index contributed by atoms with van der Waals surface area (Å²) in [5.41, 5.74) is 2.64. The van der Waals surface area contributed by atoms with E-state index < -0.39 is 6.10 Å². The average Bonchev–Trinajstić information content (AvgIpc) is 3.49. The number of halogens is 2. The summed E-state index contributed by atoms with van der Waals surface area (Å²) in [4.78, 5) is 23.2. The van der Waals surface area contributed by atoms with Crippen molar-refractivity contribution in [1.82, 2.24) is 0 Å². The number of alkyl halides is 1. The van der Waals surface area contributed by atoms with Gasteiger partial charge in [-0.15, -0.1) is 11.6 Å². The molecule has 1 unspecified atom stereocenters. The molecule has 1 aliphatic rings. The van der Waals surface area contributed by atoms with E-state index in [4.69, 9.17) is 32.7 Å². The summed E-state index contributed by atoms with van der Waals surface area (Å²) in [5, 5.41) is 20.7. The predicted molar refractivity (Wildman–Crippen MR) is 140 cm³/mol. The molecule has 2 N–H and O–H groups in total. The lowest BCUT2D eigenvalue weighted by Crippen LogP contribution is -2.05. The SMILES string of the molecule is C1CCOC1.CC(=O)c1ccc(OCc2ccc(C(O)c3cccc(C(=O)CCl)c3)cc2)c(Cl)c1O. The van der Waals surface area contributed by atoms with Crippen LogP contribution in [-0.4, -0.2) is 40.9 Å². The topological polar surface area (TPSA) is 93.1 Å². The van der Waals surface area contributed by atoms with Crippen molar-refractivity contribution in [3.63, 3.8) is 0 Å². The maximum absolute atomic E-state index is 11.8. The van der Waals surface area contributed by atoms with Crippen molar-refractivity contribution in [3.8, 4) is 11.5 Å². The number of carbonyl (C=O) groups is 2. The molecule has 36 heavy (non-hydrogen) atoms. The Morgan fingerprint density at radius 2 is 1.72 bits per heavy atom. The Morgan fingerprint density at radius 3 is 2.31 bits per heavy atom. The molecule has 0 aromatic heterocycles. The van der Waals surface area contributed by atoms with Crippen molar-refractivity contribution in [2.75, 3.05) is 19.1 Å². The zero-order valence-electron chi connectivity index (χ0n) is 19.9. The van der Waals surface area contributed by atoms with Gasteiger partial charge < -0.3 is 19.7 Å². The molecule has 8 heteroatoms. The molecule has 1 fully saturated rings. The highest BCUT2D eigenvalue weighted by Gasteiger charge is 2.16. The van der Waals surface area contributed by atoms with Crippen LogP contribution in [0.1, 0.15) is 63.3 Å². The molecule has 0 spiro atoms.